The molecule has 0 amide bonds. The summed E-state index contributed by atoms with van der Waals surface area (Å²) in [5.74, 6) is -2.12. The van der Waals surface area contributed by atoms with E-state index < -0.39 is 110 Å². The van der Waals surface area contributed by atoms with E-state index in [-0.39, 0.29) is 33.5 Å². The fourth-order valence-electron chi connectivity index (χ4n) is 4.83. The van der Waals surface area contributed by atoms with Crippen molar-refractivity contribution in [3.05, 3.63) is 72.8 Å². The average molecular weight is 916 g/mol. The Bertz CT molecular complexity index is 3220. The number of hydrogen-bond acceptors (Lipinski definition) is 21. The van der Waals surface area contributed by atoms with Crippen molar-refractivity contribution in [2.45, 2.75) is 19.6 Å². The van der Waals surface area contributed by atoms with Gasteiger partial charge in [0.2, 0.25) is 9.84 Å². The van der Waals surface area contributed by atoms with E-state index in [1.54, 1.807) is 0 Å². The number of fused-ring (bicyclic) bond motifs is 1. The highest BCUT2D eigenvalue weighted by atomic mass is 32.3. The van der Waals surface area contributed by atoms with Crippen LogP contribution in [0.25, 0.3) is 10.8 Å². The van der Waals surface area contributed by atoms with Crippen LogP contribution in [0.4, 0.5) is 51.2 Å². The third-order valence-electron chi connectivity index (χ3n) is 7.54. The Morgan fingerprint density at radius 3 is 1.69 bits per heavy atom. The van der Waals surface area contributed by atoms with Crippen LogP contribution < -0.4 is 17.2 Å². The first-order valence-electron chi connectivity index (χ1n) is 15.2. The molecule has 5 aromatic rings. The van der Waals surface area contributed by atoms with Crippen molar-refractivity contribution in [3.8, 4) is 5.75 Å². The van der Waals surface area contributed by atoms with Crippen LogP contribution in [-0.2, 0) is 54.8 Å². The van der Waals surface area contributed by atoms with Gasteiger partial charge >= 0.3 is 10.4 Å². The standard InChI is InChI=1S/C29H25N9O16S5/c30-19-7-1-14-9-18(56(42,43)44)11-22(39)25(14)28(19)37-35-20-8-4-16(10-23(20)57(45,46)47)34-36-21-12-24(58(48,49)50)27(32)29(26(21)31)38-33-15-2-5-17(6-3-15)55(40,41)13-54-59(51,52)53/h1-12,39H,13,30-32H2,(H,42,43,44)(H,45,46,47)(H,48,49,50)(H,51,52,53)/b36-34+,37-35+,38-33+. The molecule has 0 unspecified atom stereocenters. The second-order valence-corrected chi connectivity index (χ2v) is 18.8. The Morgan fingerprint density at radius 1 is 0.525 bits per heavy atom. The van der Waals surface area contributed by atoms with E-state index in [0.717, 1.165) is 48.5 Å². The number of sulfone groups is 1. The minimum Gasteiger partial charge on any atom is -0.507 e. The summed E-state index contributed by atoms with van der Waals surface area (Å²) >= 11 is 0. The number of benzene rings is 5. The van der Waals surface area contributed by atoms with Gasteiger partial charge in [0.1, 0.15) is 38.3 Å². The quantitative estimate of drug-likeness (QED) is 0.0445. The van der Waals surface area contributed by atoms with Crippen LogP contribution in [0.1, 0.15) is 0 Å². The molecule has 25 nitrogen and oxygen atoms in total. The maximum Gasteiger partial charge on any atom is 0.398 e. The molecule has 59 heavy (non-hydrogen) atoms. The van der Waals surface area contributed by atoms with E-state index in [1.807, 2.05) is 0 Å². The van der Waals surface area contributed by atoms with E-state index in [2.05, 4.69) is 34.9 Å². The number of aromatic hydroxyl groups is 1. The number of anilines is 3. The lowest BCUT2D eigenvalue weighted by Crippen LogP contribution is -2.14. The molecule has 0 spiro atoms. The molecule has 312 valence electrons. The fraction of sp³-hybridized carbons (Fsp3) is 0.0345. The number of hydrogen-bond donors (Lipinski definition) is 8. The lowest BCUT2D eigenvalue weighted by molar-refractivity contribution is 0.306. The minimum absolute atomic E-state index is 0.0337. The second kappa shape index (κ2) is 15.9. The zero-order valence-corrected chi connectivity index (χ0v) is 32.9. The van der Waals surface area contributed by atoms with Crippen LogP contribution in [0.2, 0.25) is 0 Å². The van der Waals surface area contributed by atoms with Crippen molar-refractivity contribution >= 4 is 113 Å². The zero-order chi connectivity index (χ0) is 43.9. The predicted molar refractivity (Wildman–Crippen MR) is 205 cm³/mol. The molecule has 0 saturated carbocycles. The van der Waals surface area contributed by atoms with Crippen molar-refractivity contribution in [1.29, 1.82) is 0 Å². The predicted octanol–water partition coefficient (Wildman–Crippen LogP) is 4.83. The summed E-state index contributed by atoms with van der Waals surface area (Å²) in [5, 5.41) is 33.3. The van der Waals surface area contributed by atoms with Crippen LogP contribution in [0, 0.1) is 0 Å². The van der Waals surface area contributed by atoms with Crippen LogP contribution in [-0.4, -0.2) is 71.3 Å². The Kier molecular flexibility index (Phi) is 11.9. The van der Waals surface area contributed by atoms with Gasteiger partial charge in [0.05, 0.1) is 43.6 Å². The molecule has 0 aliphatic heterocycles. The van der Waals surface area contributed by atoms with Gasteiger partial charge in [-0.3, -0.25) is 18.2 Å². The second-order valence-electron chi connectivity index (χ2n) is 11.6. The highest BCUT2D eigenvalue weighted by molar-refractivity contribution is 7.92. The highest BCUT2D eigenvalue weighted by Crippen LogP contribution is 2.44. The molecule has 30 heteroatoms. The van der Waals surface area contributed by atoms with Gasteiger partial charge in [-0.05, 0) is 66.0 Å². The summed E-state index contributed by atoms with van der Waals surface area (Å²) in [6, 6.07) is 11.9. The van der Waals surface area contributed by atoms with Gasteiger partial charge in [-0.15, -0.1) is 20.5 Å². The van der Waals surface area contributed by atoms with Crippen LogP contribution >= 0.6 is 0 Å². The molecule has 5 aromatic carbocycles. The average Bonchev–Trinajstić information content (AvgIpc) is 3.12. The van der Waals surface area contributed by atoms with Crippen molar-refractivity contribution < 1.29 is 69.6 Å². The summed E-state index contributed by atoms with van der Waals surface area (Å²) < 4.78 is 160. The molecule has 0 aromatic heterocycles. The van der Waals surface area contributed by atoms with E-state index in [9.17, 15) is 60.9 Å². The van der Waals surface area contributed by atoms with Gasteiger partial charge in [0, 0.05) is 6.07 Å². The number of azo groups is 3. The van der Waals surface area contributed by atoms with Gasteiger partial charge in [0.15, 0.2) is 5.94 Å². The largest absolute Gasteiger partial charge is 0.507 e. The first-order valence-corrected chi connectivity index (χ1v) is 22.5. The third-order valence-corrected chi connectivity index (χ3v) is 12.1. The first kappa shape index (κ1) is 44.0. The Hall–Kier alpha value is -6.09. The first-order chi connectivity index (χ1) is 27.2. The molecule has 0 bridgehead atoms. The van der Waals surface area contributed by atoms with Crippen LogP contribution in [0.5, 0.6) is 5.75 Å². The molecule has 0 heterocycles. The summed E-state index contributed by atoms with van der Waals surface area (Å²) in [4.78, 5) is -2.99. The van der Waals surface area contributed by atoms with E-state index in [0.29, 0.717) is 12.1 Å². The third kappa shape index (κ3) is 10.3. The topological polar surface area (TPSA) is 433 Å². The van der Waals surface area contributed by atoms with E-state index in [1.165, 1.54) is 12.1 Å². The number of rotatable bonds is 13. The molecule has 0 aliphatic carbocycles. The Morgan fingerprint density at radius 2 is 1.10 bits per heavy atom. The van der Waals surface area contributed by atoms with Crippen molar-refractivity contribution in [2.75, 3.05) is 23.1 Å². The molecule has 5 rings (SSSR count). The maximum atomic E-state index is 12.4. The van der Waals surface area contributed by atoms with E-state index >= 15 is 0 Å². The van der Waals surface area contributed by atoms with Crippen molar-refractivity contribution in [1.82, 2.24) is 0 Å². The molecule has 11 N–H and O–H groups in total. The van der Waals surface area contributed by atoms with Gasteiger partial charge in [-0.1, -0.05) is 6.07 Å². The number of phenolic OH excluding ortho intramolecular Hbond substituents is 1. The van der Waals surface area contributed by atoms with Crippen LogP contribution in [0.3, 0.4) is 0 Å². The lowest BCUT2D eigenvalue weighted by Gasteiger charge is -2.10. The zero-order valence-electron chi connectivity index (χ0n) is 28.8. The van der Waals surface area contributed by atoms with E-state index in [4.69, 9.17) is 21.8 Å². The number of phenols is 1. The van der Waals surface area contributed by atoms with Crippen molar-refractivity contribution in [3.63, 3.8) is 0 Å². The molecule has 0 aliphatic rings. The Labute approximate surface area is 332 Å². The molecule has 0 fully saturated rings. The molecule has 0 atom stereocenters. The van der Waals surface area contributed by atoms with Gasteiger partial charge in [0.25, 0.3) is 30.4 Å². The molecule has 0 radical (unpaired) electrons. The summed E-state index contributed by atoms with van der Waals surface area (Å²) in [6.07, 6.45) is 0. The maximum absolute atomic E-state index is 12.4. The van der Waals surface area contributed by atoms with Gasteiger partial charge in [-0.2, -0.15) is 43.9 Å². The Balaban J connectivity index is 1.51. The number of nitrogen functional groups attached to an aromatic ring is 3. The van der Waals surface area contributed by atoms with Crippen LogP contribution in [0.15, 0.2) is 123 Å². The van der Waals surface area contributed by atoms with Gasteiger partial charge < -0.3 is 22.3 Å². The monoisotopic (exact) mass is 915 g/mol. The summed E-state index contributed by atoms with van der Waals surface area (Å²) in [7, 11) is -24.4. The SMILES string of the molecule is Nc1ccc2cc(S(=O)(=O)O)cc(O)c2c1/N=N/c1ccc(/N=N/c2cc(S(=O)(=O)O)c(N)c(/N=N/c3ccc(S(=O)(=O)COS(=O)(=O)O)cc3)c2N)cc1S(=O)(=O)O. The number of nitrogens with two attached hydrogens (primary N) is 3. The van der Waals surface area contributed by atoms with Crippen molar-refractivity contribution in [2.24, 2.45) is 30.7 Å². The van der Waals surface area contributed by atoms with Gasteiger partial charge in [-0.25, -0.2) is 12.6 Å². The molecular formula is C29H25N9O16S5. The molecular weight excluding hydrogens is 891 g/mol. The smallest absolute Gasteiger partial charge is 0.398 e. The summed E-state index contributed by atoms with van der Waals surface area (Å²) in [6.45, 7) is 0. The molecule has 0 saturated heterocycles. The normalized spacial score (nSPS) is 13.3. The minimum atomic E-state index is -5.11. The number of nitrogens with zero attached hydrogens (tertiary/aromatic N) is 6. The highest BCUT2D eigenvalue weighted by Gasteiger charge is 2.24. The lowest BCUT2D eigenvalue weighted by atomic mass is 10.1. The fourth-order valence-corrected chi connectivity index (χ4v) is 8.32. The summed E-state index contributed by atoms with van der Waals surface area (Å²) in [5.41, 5.74) is 14.4.